The molecular weight excluding hydrogens is 340 g/mol. The minimum absolute atomic E-state index is 0.282. The van der Waals surface area contributed by atoms with Crippen molar-refractivity contribution in [3.05, 3.63) is 34.5 Å². The first-order chi connectivity index (χ1) is 11.9. The highest BCUT2D eigenvalue weighted by Crippen LogP contribution is 2.27. The van der Waals surface area contributed by atoms with Gasteiger partial charge in [-0.25, -0.2) is 15.0 Å². The van der Waals surface area contributed by atoms with Crippen LogP contribution >= 0.6 is 11.6 Å². The van der Waals surface area contributed by atoms with Crippen LogP contribution in [0.25, 0.3) is 11.2 Å². The van der Waals surface area contributed by atoms with E-state index in [2.05, 4.69) is 33.8 Å². The van der Waals surface area contributed by atoms with Crippen LogP contribution in [0.1, 0.15) is 30.7 Å². The second kappa shape index (κ2) is 6.84. The molecule has 0 amide bonds. The first-order valence-electron chi connectivity index (χ1n) is 8.08. The summed E-state index contributed by atoms with van der Waals surface area (Å²) in [5.74, 6) is 1.64. The lowest BCUT2D eigenvalue weighted by atomic mass is 10.1. The van der Waals surface area contributed by atoms with E-state index in [4.69, 9.17) is 22.1 Å². The molecule has 0 spiro atoms. The molecule has 0 saturated heterocycles. The predicted molar refractivity (Wildman–Crippen MR) is 97.9 cm³/mol. The molecule has 0 bridgehead atoms. The number of halogens is 1. The molecule has 0 fully saturated rings. The van der Waals surface area contributed by atoms with Crippen molar-refractivity contribution >= 4 is 28.7 Å². The lowest BCUT2D eigenvalue weighted by molar-refractivity contribution is 0.267. The van der Waals surface area contributed by atoms with Crippen LogP contribution in [0.2, 0.25) is 5.15 Å². The molecule has 0 aliphatic carbocycles. The Bertz CT molecular complexity index is 921. The highest BCUT2D eigenvalue weighted by atomic mass is 35.5. The van der Waals surface area contributed by atoms with Gasteiger partial charge in [0.2, 0.25) is 5.95 Å². The largest absolute Gasteiger partial charge is 0.493 e. The molecule has 0 aliphatic heterocycles. The smallest absolute Gasteiger partial charge is 0.202 e. The number of aryl methyl sites for hydroxylation is 1. The number of ether oxygens (including phenoxy) is 1. The fourth-order valence-electron chi connectivity index (χ4n) is 2.62. The third-order valence-corrected chi connectivity index (χ3v) is 4.21. The van der Waals surface area contributed by atoms with E-state index in [1.54, 1.807) is 4.57 Å². The predicted octanol–water partition coefficient (Wildman–Crippen LogP) is 3.16. The summed E-state index contributed by atoms with van der Waals surface area (Å²) in [6.07, 6.45) is 3.21. The third kappa shape index (κ3) is 3.37. The van der Waals surface area contributed by atoms with Gasteiger partial charge in [0.25, 0.3) is 0 Å². The molecule has 0 aromatic carbocycles. The summed E-state index contributed by atoms with van der Waals surface area (Å²) in [6, 6.07) is 0. The van der Waals surface area contributed by atoms with Gasteiger partial charge in [0.15, 0.2) is 10.8 Å². The summed E-state index contributed by atoms with van der Waals surface area (Å²) in [5.41, 5.74) is 9.98. The number of hydrogen-bond donors (Lipinski definition) is 1. The number of pyridine rings is 1. The van der Waals surface area contributed by atoms with Crippen molar-refractivity contribution in [2.45, 2.75) is 34.2 Å². The lowest BCUT2D eigenvalue weighted by Crippen LogP contribution is -2.11. The molecular formula is C17H21ClN6O. The average Bonchev–Trinajstić information content (AvgIpc) is 2.87. The topological polar surface area (TPSA) is 91.7 Å². The zero-order valence-electron chi connectivity index (χ0n) is 14.7. The maximum Gasteiger partial charge on any atom is 0.202 e. The van der Waals surface area contributed by atoms with Gasteiger partial charge in [0, 0.05) is 17.3 Å². The number of imidazole rings is 1. The van der Waals surface area contributed by atoms with Crippen molar-refractivity contribution in [1.29, 1.82) is 0 Å². The molecule has 2 N–H and O–H groups in total. The van der Waals surface area contributed by atoms with Gasteiger partial charge in [-0.3, -0.25) is 9.55 Å². The fourth-order valence-corrected chi connectivity index (χ4v) is 2.79. The Morgan fingerprint density at radius 1 is 1.24 bits per heavy atom. The van der Waals surface area contributed by atoms with E-state index >= 15 is 0 Å². The highest BCUT2D eigenvalue weighted by molar-refractivity contribution is 6.33. The molecule has 25 heavy (non-hydrogen) atoms. The summed E-state index contributed by atoms with van der Waals surface area (Å²) < 4.78 is 7.76. The Morgan fingerprint density at radius 3 is 2.72 bits per heavy atom. The number of nitrogen functional groups attached to an aromatic ring is 1. The van der Waals surface area contributed by atoms with Gasteiger partial charge in [-0.05, 0) is 19.8 Å². The summed E-state index contributed by atoms with van der Waals surface area (Å²) >= 11 is 6.08. The van der Waals surface area contributed by atoms with Gasteiger partial charge in [-0.1, -0.05) is 25.4 Å². The van der Waals surface area contributed by atoms with Crippen LogP contribution < -0.4 is 10.5 Å². The van der Waals surface area contributed by atoms with Crippen molar-refractivity contribution in [3.8, 4) is 5.75 Å². The number of rotatable bonds is 5. The monoisotopic (exact) mass is 360 g/mol. The number of anilines is 1. The van der Waals surface area contributed by atoms with Gasteiger partial charge < -0.3 is 10.5 Å². The van der Waals surface area contributed by atoms with Crippen LogP contribution in [0.15, 0.2) is 12.5 Å². The molecule has 0 atom stereocenters. The van der Waals surface area contributed by atoms with E-state index in [1.807, 2.05) is 20.0 Å². The van der Waals surface area contributed by atoms with Crippen LogP contribution in [0.5, 0.6) is 5.75 Å². The van der Waals surface area contributed by atoms with Gasteiger partial charge in [0.1, 0.15) is 17.6 Å². The van der Waals surface area contributed by atoms with Crippen molar-refractivity contribution in [3.63, 3.8) is 0 Å². The maximum absolute atomic E-state index is 6.08. The molecule has 0 unspecified atom stereocenters. The highest BCUT2D eigenvalue weighted by Gasteiger charge is 2.17. The summed E-state index contributed by atoms with van der Waals surface area (Å²) in [5, 5.41) is 0.282. The van der Waals surface area contributed by atoms with Crippen LogP contribution in [0.3, 0.4) is 0 Å². The van der Waals surface area contributed by atoms with Gasteiger partial charge in [-0.15, -0.1) is 0 Å². The quantitative estimate of drug-likeness (QED) is 0.702. The van der Waals surface area contributed by atoms with Gasteiger partial charge >= 0.3 is 0 Å². The Balaban J connectivity index is 2.00. The van der Waals surface area contributed by atoms with E-state index in [9.17, 15) is 0 Å². The number of hydrogen-bond acceptors (Lipinski definition) is 6. The lowest BCUT2D eigenvalue weighted by Gasteiger charge is -2.16. The summed E-state index contributed by atoms with van der Waals surface area (Å²) in [4.78, 5) is 17.0. The molecule has 3 rings (SSSR count). The zero-order valence-corrected chi connectivity index (χ0v) is 15.5. The number of aromatic nitrogens is 5. The summed E-state index contributed by atoms with van der Waals surface area (Å²) in [6.45, 7) is 9.32. The van der Waals surface area contributed by atoms with Crippen molar-refractivity contribution in [1.82, 2.24) is 24.5 Å². The Kier molecular flexibility index (Phi) is 4.76. The van der Waals surface area contributed by atoms with E-state index in [0.29, 0.717) is 36.2 Å². The second-order valence-electron chi connectivity index (χ2n) is 6.44. The fraction of sp³-hybridized carbons (Fsp3) is 0.412. The van der Waals surface area contributed by atoms with E-state index in [-0.39, 0.29) is 5.15 Å². The molecule has 3 aromatic rings. The third-order valence-electron chi connectivity index (χ3n) is 3.93. The average molecular weight is 361 g/mol. The minimum atomic E-state index is 0.282. The summed E-state index contributed by atoms with van der Waals surface area (Å²) in [7, 11) is 0. The molecule has 132 valence electrons. The minimum Gasteiger partial charge on any atom is -0.493 e. The van der Waals surface area contributed by atoms with Crippen molar-refractivity contribution < 1.29 is 4.74 Å². The van der Waals surface area contributed by atoms with E-state index in [0.717, 1.165) is 22.6 Å². The molecule has 3 aromatic heterocycles. The molecule has 3 heterocycles. The molecule has 7 nitrogen and oxygen atoms in total. The van der Waals surface area contributed by atoms with Crippen LogP contribution in [0.4, 0.5) is 5.95 Å². The number of nitrogens with two attached hydrogens (primary N) is 1. The van der Waals surface area contributed by atoms with Crippen molar-refractivity contribution in [2.75, 3.05) is 12.3 Å². The normalized spacial score (nSPS) is 11.4. The SMILES string of the molecule is Cc1cnc(Cn2c(N)nc3c(Cl)ncnc32)c(C)c1OCC(C)C. The first-order valence-corrected chi connectivity index (χ1v) is 8.46. The van der Waals surface area contributed by atoms with Crippen molar-refractivity contribution in [2.24, 2.45) is 5.92 Å². The second-order valence-corrected chi connectivity index (χ2v) is 6.80. The van der Waals surface area contributed by atoms with Gasteiger partial charge in [-0.2, -0.15) is 0 Å². The zero-order chi connectivity index (χ0) is 18.1. The van der Waals surface area contributed by atoms with Crippen LogP contribution in [-0.2, 0) is 6.54 Å². The van der Waals surface area contributed by atoms with Crippen LogP contribution in [0, 0.1) is 19.8 Å². The molecule has 0 radical (unpaired) electrons. The van der Waals surface area contributed by atoms with Gasteiger partial charge in [0.05, 0.1) is 18.8 Å². The molecule has 0 saturated carbocycles. The Hall–Kier alpha value is -2.41. The Morgan fingerprint density at radius 2 is 2.00 bits per heavy atom. The van der Waals surface area contributed by atoms with E-state index < -0.39 is 0 Å². The maximum atomic E-state index is 6.08. The molecule has 0 aliphatic rings. The number of nitrogens with zero attached hydrogens (tertiary/aromatic N) is 5. The standard InChI is InChI=1S/C17H21ClN6O/c1-9(2)7-25-14-10(3)5-20-12(11(14)4)6-24-16-13(23-17(24)19)15(18)21-8-22-16/h5,8-9H,6-7H2,1-4H3,(H2,19,23). The Labute approximate surface area is 151 Å². The number of fused-ring (bicyclic) bond motifs is 1. The van der Waals surface area contributed by atoms with Crippen LogP contribution in [-0.4, -0.2) is 31.1 Å². The first kappa shape index (κ1) is 17.4. The molecule has 8 heteroatoms. The van der Waals surface area contributed by atoms with E-state index in [1.165, 1.54) is 6.33 Å².